The van der Waals surface area contributed by atoms with Crippen molar-refractivity contribution in [3.05, 3.63) is 57.6 Å². The van der Waals surface area contributed by atoms with Crippen LogP contribution in [0.2, 0.25) is 0 Å². The second kappa shape index (κ2) is 6.17. The van der Waals surface area contributed by atoms with Crippen molar-refractivity contribution in [2.75, 3.05) is 6.79 Å². The van der Waals surface area contributed by atoms with Gasteiger partial charge in [0.2, 0.25) is 6.79 Å². The first-order valence-corrected chi connectivity index (χ1v) is 7.33. The van der Waals surface area contributed by atoms with Gasteiger partial charge in [-0.3, -0.25) is 0 Å². The minimum absolute atomic E-state index is 0.277. The molecule has 1 aliphatic rings. The van der Waals surface area contributed by atoms with Crippen molar-refractivity contribution in [2.24, 2.45) is 0 Å². The zero-order valence-corrected chi connectivity index (χ0v) is 12.8. The molecule has 4 nitrogen and oxygen atoms in total. The van der Waals surface area contributed by atoms with Crippen LogP contribution in [0.5, 0.6) is 11.5 Å². The molecular weight excluding hydrogens is 332 g/mol. The van der Waals surface area contributed by atoms with Gasteiger partial charge in [0.05, 0.1) is 11.6 Å². The lowest BCUT2D eigenvalue weighted by Crippen LogP contribution is -2.13. The predicted octanol–water partition coefficient (Wildman–Crippen LogP) is 3.34. The molecule has 0 aliphatic carbocycles. The average Bonchev–Trinajstić information content (AvgIpc) is 2.94. The van der Waals surface area contributed by atoms with Crippen LogP contribution in [0.25, 0.3) is 0 Å². The third kappa shape index (κ3) is 3.18. The number of nitrogens with one attached hydrogen (secondary N) is 1. The molecule has 2 aromatic rings. The van der Waals surface area contributed by atoms with Gasteiger partial charge in [-0.25, -0.2) is 0 Å². The van der Waals surface area contributed by atoms with E-state index in [0.717, 1.165) is 27.1 Å². The minimum Gasteiger partial charge on any atom is -0.454 e. The standard InChI is InChI=1S/C16H13BrN2O2/c17-14-6-16-15(20-10-21-16)5-13(14)9-19-8-12-3-1-2-11(4-12)7-18/h1-6,19H,8-10H2. The van der Waals surface area contributed by atoms with Gasteiger partial charge in [0.25, 0.3) is 0 Å². The van der Waals surface area contributed by atoms with Crippen LogP contribution in [-0.2, 0) is 13.1 Å². The van der Waals surface area contributed by atoms with Crippen molar-refractivity contribution in [1.82, 2.24) is 5.32 Å². The van der Waals surface area contributed by atoms with E-state index in [9.17, 15) is 0 Å². The normalized spacial score (nSPS) is 12.2. The SMILES string of the molecule is N#Cc1cccc(CNCc2cc3c(cc2Br)OCO3)c1. The van der Waals surface area contributed by atoms with Gasteiger partial charge >= 0.3 is 0 Å². The van der Waals surface area contributed by atoms with Crippen molar-refractivity contribution in [3.63, 3.8) is 0 Å². The smallest absolute Gasteiger partial charge is 0.231 e. The molecule has 0 aromatic heterocycles. The lowest BCUT2D eigenvalue weighted by Gasteiger charge is -2.08. The fourth-order valence-electron chi connectivity index (χ4n) is 2.19. The van der Waals surface area contributed by atoms with E-state index in [1.807, 2.05) is 30.3 Å². The molecule has 1 aliphatic heterocycles. The van der Waals surface area contributed by atoms with Crippen molar-refractivity contribution < 1.29 is 9.47 Å². The quantitative estimate of drug-likeness (QED) is 0.924. The van der Waals surface area contributed by atoms with Crippen LogP contribution in [0.15, 0.2) is 40.9 Å². The minimum atomic E-state index is 0.277. The van der Waals surface area contributed by atoms with Crippen LogP contribution < -0.4 is 14.8 Å². The Morgan fingerprint density at radius 1 is 1.14 bits per heavy atom. The van der Waals surface area contributed by atoms with E-state index in [2.05, 4.69) is 27.3 Å². The molecular formula is C16H13BrN2O2. The molecule has 0 fully saturated rings. The van der Waals surface area contributed by atoms with Crippen LogP contribution in [0, 0.1) is 11.3 Å². The maximum absolute atomic E-state index is 8.89. The molecule has 2 aromatic carbocycles. The lowest BCUT2D eigenvalue weighted by atomic mass is 10.1. The van der Waals surface area contributed by atoms with Gasteiger partial charge in [0.15, 0.2) is 11.5 Å². The number of benzene rings is 2. The van der Waals surface area contributed by atoms with Crippen molar-refractivity contribution in [3.8, 4) is 17.6 Å². The van der Waals surface area contributed by atoms with Gasteiger partial charge in [-0.1, -0.05) is 28.1 Å². The van der Waals surface area contributed by atoms with E-state index < -0.39 is 0 Å². The molecule has 0 unspecified atom stereocenters. The highest BCUT2D eigenvalue weighted by atomic mass is 79.9. The number of fused-ring (bicyclic) bond motifs is 1. The summed E-state index contributed by atoms with van der Waals surface area (Å²) in [6, 6.07) is 13.6. The zero-order chi connectivity index (χ0) is 14.7. The van der Waals surface area contributed by atoms with Crippen LogP contribution >= 0.6 is 15.9 Å². The maximum Gasteiger partial charge on any atom is 0.231 e. The Morgan fingerprint density at radius 3 is 2.76 bits per heavy atom. The van der Waals surface area contributed by atoms with Crippen molar-refractivity contribution in [1.29, 1.82) is 5.26 Å². The van der Waals surface area contributed by atoms with E-state index >= 15 is 0 Å². The van der Waals surface area contributed by atoms with Gasteiger partial charge in [0, 0.05) is 17.6 Å². The highest BCUT2D eigenvalue weighted by molar-refractivity contribution is 9.10. The third-order valence-corrected chi connectivity index (χ3v) is 3.98. The Bertz CT molecular complexity index is 710. The largest absolute Gasteiger partial charge is 0.454 e. The molecule has 21 heavy (non-hydrogen) atoms. The Balaban J connectivity index is 1.64. The Labute approximate surface area is 131 Å². The summed E-state index contributed by atoms with van der Waals surface area (Å²) in [5.74, 6) is 1.55. The second-order valence-electron chi connectivity index (χ2n) is 4.71. The maximum atomic E-state index is 8.89. The van der Waals surface area contributed by atoms with Crippen LogP contribution in [0.4, 0.5) is 0 Å². The molecule has 0 saturated carbocycles. The molecule has 1 N–H and O–H groups in total. The first kappa shape index (κ1) is 13.9. The summed E-state index contributed by atoms with van der Waals surface area (Å²) in [7, 11) is 0. The van der Waals surface area contributed by atoms with Crippen LogP contribution in [0.3, 0.4) is 0 Å². The van der Waals surface area contributed by atoms with Crippen LogP contribution in [0.1, 0.15) is 16.7 Å². The second-order valence-corrected chi connectivity index (χ2v) is 5.57. The number of halogens is 1. The van der Waals surface area contributed by atoms with Gasteiger partial charge in [-0.05, 0) is 35.4 Å². The van der Waals surface area contributed by atoms with Crippen molar-refractivity contribution >= 4 is 15.9 Å². The molecule has 1 heterocycles. The van der Waals surface area contributed by atoms with E-state index in [0.29, 0.717) is 18.7 Å². The molecule has 106 valence electrons. The number of nitriles is 1. The molecule has 0 radical (unpaired) electrons. The number of hydrogen-bond acceptors (Lipinski definition) is 4. The predicted molar refractivity (Wildman–Crippen MR) is 82.0 cm³/mol. The van der Waals surface area contributed by atoms with E-state index in [1.165, 1.54) is 0 Å². The molecule has 0 spiro atoms. The first-order valence-electron chi connectivity index (χ1n) is 6.54. The van der Waals surface area contributed by atoms with Crippen molar-refractivity contribution in [2.45, 2.75) is 13.1 Å². The summed E-state index contributed by atoms with van der Waals surface area (Å²) in [6.07, 6.45) is 0. The molecule has 5 heteroatoms. The zero-order valence-electron chi connectivity index (χ0n) is 11.2. The lowest BCUT2D eigenvalue weighted by molar-refractivity contribution is 0.174. The Hall–Kier alpha value is -2.03. The number of nitrogens with zero attached hydrogens (tertiary/aromatic N) is 1. The monoisotopic (exact) mass is 344 g/mol. The average molecular weight is 345 g/mol. The summed E-state index contributed by atoms with van der Waals surface area (Å²) in [4.78, 5) is 0. The fourth-order valence-corrected chi connectivity index (χ4v) is 2.65. The van der Waals surface area contributed by atoms with Gasteiger partial charge in [-0.2, -0.15) is 5.26 Å². The molecule has 0 atom stereocenters. The van der Waals surface area contributed by atoms with Gasteiger partial charge in [0.1, 0.15) is 0 Å². The summed E-state index contributed by atoms with van der Waals surface area (Å²) < 4.78 is 11.7. The topological polar surface area (TPSA) is 54.3 Å². The van der Waals surface area contributed by atoms with E-state index in [1.54, 1.807) is 6.07 Å². The summed E-state index contributed by atoms with van der Waals surface area (Å²) >= 11 is 3.54. The number of hydrogen-bond donors (Lipinski definition) is 1. The molecule has 0 bridgehead atoms. The highest BCUT2D eigenvalue weighted by Gasteiger charge is 2.15. The van der Waals surface area contributed by atoms with Gasteiger partial charge < -0.3 is 14.8 Å². The Kier molecular flexibility index (Phi) is 4.09. The van der Waals surface area contributed by atoms with E-state index in [4.69, 9.17) is 14.7 Å². The first-order chi connectivity index (χ1) is 10.3. The third-order valence-electron chi connectivity index (χ3n) is 3.24. The van der Waals surface area contributed by atoms with Gasteiger partial charge in [-0.15, -0.1) is 0 Å². The number of ether oxygens (including phenoxy) is 2. The van der Waals surface area contributed by atoms with E-state index in [-0.39, 0.29) is 6.79 Å². The summed E-state index contributed by atoms with van der Waals surface area (Å²) in [5.41, 5.74) is 2.88. The molecule has 3 rings (SSSR count). The van der Waals surface area contributed by atoms with Crippen LogP contribution in [-0.4, -0.2) is 6.79 Å². The molecule has 0 saturated heterocycles. The molecule has 0 amide bonds. The summed E-state index contributed by atoms with van der Waals surface area (Å²) in [6.45, 7) is 1.68. The number of rotatable bonds is 4. The fraction of sp³-hybridized carbons (Fsp3) is 0.188. The highest BCUT2D eigenvalue weighted by Crippen LogP contribution is 2.36. The summed E-state index contributed by atoms with van der Waals surface area (Å²) in [5, 5.41) is 12.3. The Morgan fingerprint density at radius 2 is 1.95 bits per heavy atom.